The fourth-order valence-electron chi connectivity index (χ4n) is 7.68. The molecule has 0 rings (SSSR count). The summed E-state index contributed by atoms with van der Waals surface area (Å²) < 4.78 is 27.0. The third-order valence-electron chi connectivity index (χ3n) is 11.5. The van der Waals surface area contributed by atoms with Gasteiger partial charge in [0.1, 0.15) is 12.7 Å². The zero-order valence-corrected chi connectivity index (χ0v) is 39.9. The number of rotatable bonds is 49. The Morgan fingerprint density at radius 3 is 1.10 bits per heavy atom. The molecule has 1 amide bonds. The van der Waals surface area contributed by atoms with Crippen LogP contribution in [0.1, 0.15) is 271 Å². The summed E-state index contributed by atoms with van der Waals surface area (Å²) in [7, 11) is -4.41. The van der Waals surface area contributed by atoms with Crippen molar-refractivity contribution in [3.63, 3.8) is 0 Å². The smallest absolute Gasteiger partial charge is 0.463 e. The molecule has 0 aromatic carbocycles. The minimum atomic E-state index is -4.41. The summed E-state index contributed by atoms with van der Waals surface area (Å²) in [5, 5.41) is 12.7. The summed E-state index contributed by atoms with van der Waals surface area (Å²) in [6, 6.07) is 0. The molecule has 0 aliphatic rings. The lowest BCUT2D eigenvalue weighted by Crippen LogP contribution is -2.27. The first kappa shape index (κ1) is 58.0. The van der Waals surface area contributed by atoms with Gasteiger partial charge in [0.25, 0.3) is 0 Å². The van der Waals surface area contributed by atoms with Gasteiger partial charge >= 0.3 is 13.8 Å². The second-order valence-corrected chi connectivity index (χ2v) is 19.0. The summed E-state index contributed by atoms with van der Waals surface area (Å²) in [6.45, 7) is 3.63. The van der Waals surface area contributed by atoms with Gasteiger partial charge in [-0.2, -0.15) is 0 Å². The van der Waals surface area contributed by atoms with E-state index in [-0.39, 0.29) is 25.7 Å². The van der Waals surface area contributed by atoms with Gasteiger partial charge in [0, 0.05) is 19.4 Å². The molecule has 2 atom stereocenters. The van der Waals surface area contributed by atoms with Crippen LogP contribution in [-0.4, -0.2) is 54.3 Å². The molecule has 0 aromatic rings. The van der Waals surface area contributed by atoms with Crippen LogP contribution in [0, 0.1) is 0 Å². The molecule has 352 valence electrons. The van der Waals surface area contributed by atoms with Gasteiger partial charge in [-0.1, -0.05) is 245 Å². The second-order valence-electron chi connectivity index (χ2n) is 17.5. The van der Waals surface area contributed by atoms with Gasteiger partial charge in [0.2, 0.25) is 5.91 Å². The fourth-order valence-corrected chi connectivity index (χ4v) is 8.44. The normalized spacial score (nSPS) is 13.1. The van der Waals surface area contributed by atoms with Gasteiger partial charge in [-0.25, -0.2) is 4.57 Å². The minimum Gasteiger partial charge on any atom is -0.463 e. The van der Waals surface area contributed by atoms with Crippen LogP contribution in [0.5, 0.6) is 0 Å². The van der Waals surface area contributed by atoms with Gasteiger partial charge in [-0.15, -0.1) is 0 Å². The first-order chi connectivity index (χ1) is 28.8. The monoisotopic (exact) mass is 860 g/mol. The Morgan fingerprint density at radius 2 is 0.763 bits per heavy atom. The lowest BCUT2D eigenvalue weighted by molar-refractivity contribution is -0.147. The van der Waals surface area contributed by atoms with Crippen LogP contribution in [0.3, 0.4) is 0 Å². The van der Waals surface area contributed by atoms with Gasteiger partial charge < -0.3 is 20.1 Å². The van der Waals surface area contributed by atoms with E-state index in [4.69, 9.17) is 13.8 Å². The maximum atomic E-state index is 12.1. The average molecular weight is 860 g/mol. The molecule has 0 saturated heterocycles. The summed E-state index contributed by atoms with van der Waals surface area (Å²) in [6.07, 6.45) is 49.0. The predicted octanol–water partition coefficient (Wildman–Crippen LogP) is 14.8. The van der Waals surface area contributed by atoms with E-state index in [0.29, 0.717) is 12.8 Å². The van der Waals surface area contributed by atoms with Gasteiger partial charge in [0.05, 0.1) is 13.2 Å². The zero-order valence-electron chi connectivity index (χ0n) is 39.0. The molecule has 0 aliphatic carbocycles. The van der Waals surface area contributed by atoms with Crippen LogP contribution in [-0.2, 0) is 27.9 Å². The van der Waals surface area contributed by atoms with Crippen molar-refractivity contribution >= 4 is 19.7 Å². The Hall–Kier alpha value is -0.990. The summed E-state index contributed by atoms with van der Waals surface area (Å²) in [5.74, 6) is -0.498. The SMILES string of the molecule is CCCCCCCCCCCCCCCCCCCCCCC(=O)NCCOP(=O)(O)OCC(O)COC(=O)CCCCCCCCCCCCCCCCCCCC. The summed E-state index contributed by atoms with van der Waals surface area (Å²) in [5.41, 5.74) is 0. The molecular formula is C49H98NO8P. The number of aliphatic hydroxyl groups is 1. The van der Waals surface area contributed by atoms with Crippen molar-refractivity contribution in [2.75, 3.05) is 26.4 Å². The Balaban J connectivity index is 3.50. The number of carbonyl (C=O) groups is 2. The molecule has 9 nitrogen and oxygen atoms in total. The molecule has 3 N–H and O–H groups in total. The number of amides is 1. The third-order valence-corrected chi connectivity index (χ3v) is 12.5. The van der Waals surface area contributed by atoms with Crippen LogP contribution in [0.25, 0.3) is 0 Å². The average Bonchev–Trinajstić information content (AvgIpc) is 3.22. The standard InChI is InChI=1S/C49H98NO8P/c1-3-5-7-9-11-13-15-17-19-21-23-24-25-27-29-31-33-35-37-39-41-48(52)50-43-44-57-59(54,55)58-46-47(51)45-56-49(53)42-40-38-36-34-32-30-28-26-22-20-18-16-14-12-10-8-6-4-2/h47,51H,3-46H2,1-2H3,(H,50,52)(H,54,55). The maximum Gasteiger partial charge on any atom is 0.472 e. The molecular weight excluding hydrogens is 762 g/mol. The highest BCUT2D eigenvalue weighted by Gasteiger charge is 2.23. The predicted molar refractivity (Wildman–Crippen MR) is 248 cm³/mol. The molecule has 59 heavy (non-hydrogen) atoms. The Kier molecular flexibility index (Phi) is 45.7. The molecule has 0 bridgehead atoms. The molecule has 0 aromatic heterocycles. The zero-order chi connectivity index (χ0) is 43.2. The number of ether oxygens (including phenoxy) is 1. The molecule has 0 spiro atoms. The number of unbranched alkanes of at least 4 members (excludes halogenated alkanes) is 36. The lowest BCUT2D eigenvalue weighted by atomic mass is 10.0. The van der Waals surface area contributed by atoms with Gasteiger partial charge in [-0.05, 0) is 12.8 Å². The lowest BCUT2D eigenvalue weighted by Gasteiger charge is -2.15. The number of hydrogen-bond acceptors (Lipinski definition) is 7. The van der Waals surface area contributed by atoms with E-state index in [9.17, 15) is 24.2 Å². The number of aliphatic hydroxyl groups excluding tert-OH is 1. The van der Waals surface area contributed by atoms with E-state index < -0.39 is 26.5 Å². The van der Waals surface area contributed by atoms with Crippen LogP contribution >= 0.6 is 7.82 Å². The highest BCUT2D eigenvalue weighted by molar-refractivity contribution is 7.47. The van der Waals surface area contributed by atoms with E-state index in [2.05, 4.69) is 19.2 Å². The Bertz CT molecular complexity index is 938. The van der Waals surface area contributed by atoms with Crippen molar-refractivity contribution in [3.8, 4) is 0 Å². The van der Waals surface area contributed by atoms with Gasteiger partial charge in [0.15, 0.2) is 0 Å². The minimum absolute atomic E-state index is 0.0888. The molecule has 2 unspecified atom stereocenters. The summed E-state index contributed by atoms with van der Waals surface area (Å²) in [4.78, 5) is 34.0. The van der Waals surface area contributed by atoms with Crippen LogP contribution < -0.4 is 5.32 Å². The molecule has 10 heteroatoms. The van der Waals surface area contributed by atoms with Crippen molar-refractivity contribution in [1.82, 2.24) is 5.32 Å². The number of esters is 1. The number of nitrogens with one attached hydrogen (secondary N) is 1. The number of carbonyl (C=O) groups excluding carboxylic acids is 2. The Morgan fingerprint density at radius 1 is 0.458 bits per heavy atom. The van der Waals surface area contributed by atoms with Crippen molar-refractivity contribution in [2.24, 2.45) is 0 Å². The number of hydrogen-bond donors (Lipinski definition) is 3. The number of phosphoric acid groups is 1. The first-order valence-corrected chi connectivity index (χ1v) is 27.0. The van der Waals surface area contributed by atoms with Crippen LogP contribution in [0.2, 0.25) is 0 Å². The molecule has 0 fully saturated rings. The first-order valence-electron chi connectivity index (χ1n) is 25.5. The largest absolute Gasteiger partial charge is 0.472 e. The quantitative estimate of drug-likeness (QED) is 0.0313. The molecule has 0 heterocycles. The molecule has 0 radical (unpaired) electrons. The maximum absolute atomic E-state index is 12.1. The van der Waals surface area contributed by atoms with Gasteiger partial charge in [-0.3, -0.25) is 18.6 Å². The Labute approximate surface area is 365 Å². The highest BCUT2D eigenvalue weighted by atomic mass is 31.2. The van der Waals surface area contributed by atoms with E-state index >= 15 is 0 Å². The number of phosphoric ester groups is 1. The van der Waals surface area contributed by atoms with Crippen molar-refractivity contribution < 1.29 is 37.9 Å². The van der Waals surface area contributed by atoms with Crippen molar-refractivity contribution in [2.45, 2.75) is 277 Å². The van der Waals surface area contributed by atoms with E-state index in [1.807, 2.05) is 0 Å². The van der Waals surface area contributed by atoms with Crippen molar-refractivity contribution in [3.05, 3.63) is 0 Å². The van der Waals surface area contributed by atoms with E-state index in [1.54, 1.807) is 0 Å². The van der Waals surface area contributed by atoms with Crippen molar-refractivity contribution in [1.29, 1.82) is 0 Å². The topological polar surface area (TPSA) is 131 Å². The van der Waals surface area contributed by atoms with Crippen LogP contribution in [0.15, 0.2) is 0 Å². The summed E-state index contributed by atoms with van der Waals surface area (Å²) >= 11 is 0. The molecule has 0 aliphatic heterocycles. The highest BCUT2D eigenvalue weighted by Crippen LogP contribution is 2.42. The third kappa shape index (κ3) is 47.9. The second kappa shape index (κ2) is 46.5. The van der Waals surface area contributed by atoms with Crippen LogP contribution in [0.4, 0.5) is 0 Å². The van der Waals surface area contributed by atoms with E-state index in [0.717, 1.165) is 38.5 Å². The van der Waals surface area contributed by atoms with E-state index in [1.165, 1.54) is 205 Å². The fraction of sp³-hybridized carbons (Fsp3) is 0.959. The molecule has 0 saturated carbocycles.